The maximum Gasteiger partial charge on any atom is 2.00 e. The molecule has 8 heteroatoms. The van der Waals surface area contributed by atoms with Gasteiger partial charge in [0.15, 0.2) is 0 Å². The van der Waals surface area contributed by atoms with Crippen LogP contribution in [0.4, 0.5) is 3.52 Å². The summed E-state index contributed by atoms with van der Waals surface area (Å²) < 4.78 is 9.64. The number of hydrogen-bond donors (Lipinski definition) is 4. The standard InChI is InChI=1S/Al.Ba.FH.H4O4Si.4H/c;;;1-5(2,3)4;;;;/h;;1H;1-4H;;;;/q+1;+2;;;;;2*-1/p-1. The first-order chi connectivity index (χ1) is 3.00. The molecule has 0 fully saturated rings. The SMILES string of the molecule is O[Si](O)(O)O.[Ba+2].[F][AlH2].[H-].[H-]. The van der Waals surface area contributed by atoms with Crippen molar-refractivity contribution in [1.82, 2.24) is 0 Å². The average Bonchev–Trinajstić information content (AvgIpc) is 1.36. The molecule has 0 aliphatic heterocycles. The van der Waals surface area contributed by atoms with Crippen LogP contribution in [-0.2, 0) is 0 Å². The van der Waals surface area contributed by atoms with Gasteiger partial charge in [0.1, 0.15) is 0 Å². The molecule has 0 aromatic carbocycles. The van der Waals surface area contributed by atoms with Gasteiger partial charge in [0.05, 0.1) is 0 Å². The summed E-state index contributed by atoms with van der Waals surface area (Å²) in [5.74, 6) is 0. The summed E-state index contributed by atoms with van der Waals surface area (Å²) in [5.41, 5.74) is 0. The molecular formula is H8AlBaFO4Si. The molecule has 48 valence electrons. The molecule has 0 aliphatic carbocycles. The molecule has 0 aromatic heterocycles. The Morgan fingerprint density at radius 2 is 1.12 bits per heavy atom. The van der Waals surface area contributed by atoms with Crippen molar-refractivity contribution < 1.29 is 25.6 Å². The Balaban J connectivity index is -0.0000000154. The van der Waals surface area contributed by atoms with Gasteiger partial charge in [-0.05, 0) is 0 Å². The predicted octanol–water partition coefficient (Wildman–Crippen LogP) is -3.26. The van der Waals surface area contributed by atoms with E-state index in [1.54, 1.807) is 0 Å². The Hall–Kier alpha value is 2.09. The third kappa shape index (κ3) is 93.1. The Kier molecular flexibility index (Phi) is 18.8. The molecule has 8 heavy (non-hydrogen) atoms. The summed E-state index contributed by atoms with van der Waals surface area (Å²) in [7, 11) is -4.61. The van der Waals surface area contributed by atoms with E-state index >= 15 is 0 Å². The van der Waals surface area contributed by atoms with E-state index in [1.807, 2.05) is 0 Å². The van der Waals surface area contributed by atoms with Crippen LogP contribution >= 0.6 is 0 Å². The van der Waals surface area contributed by atoms with Crippen molar-refractivity contribution in [2.45, 2.75) is 0 Å². The molecule has 0 aliphatic rings. The van der Waals surface area contributed by atoms with Crippen LogP contribution in [0.3, 0.4) is 0 Å². The van der Waals surface area contributed by atoms with Gasteiger partial charge in [0.2, 0.25) is 0 Å². The molecular weight excluding hydrogens is 275 g/mol. The Labute approximate surface area is 98.8 Å². The van der Waals surface area contributed by atoms with Gasteiger partial charge >= 0.3 is 74.7 Å². The number of halogens is 1. The van der Waals surface area contributed by atoms with Gasteiger partial charge in [-0.2, -0.15) is 0 Å². The van der Waals surface area contributed by atoms with E-state index in [9.17, 15) is 3.52 Å². The molecule has 0 radical (unpaired) electrons. The monoisotopic (exact) mass is 284 g/mol. The van der Waals surface area contributed by atoms with Crippen molar-refractivity contribution in [1.29, 1.82) is 0 Å². The third-order valence-electron chi connectivity index (χ3n) is 0. The van der Waals surface area contributed by atoms with Crippen LogP contribution in [0.5, 0.6) is 0 Å². The molecule has 0 bridgehead atoms. The van der Waals surface area contributed by atoms with Gasteiger partial charge in [-0.1, -0.05) is 0 Å². The molecule has 0 heterocycles. The second kappa shape index (κ2) is 9.09. The molecule has 0 amide bonds. The van der Waals surface area contributed by atoms with E-state index in [-0.39, 0.29) is 68.5 Å². The van der Waals surface area contributed by atoms with Gasteiger partial charge in [0, 0.05) is 0 Å². The summed E-state index contributed by atoms with van der Waals surface area (Å²) in [5, 5.41) is 0. The zero-order chi connectivity index (χ0) is 6.50. The van der Waals surface area contributed by atoms with Crippen molar-refractivity contribution in [2.75, 3.05) is 0 Å². The predicted molar refractivity (Wildman–Crippen MR) is 32.3 cm³/mol. The molecule has 4 nitrogen and oxygen atoms in total. The van der Waals surface area contributed by atoms with E-state index in [1.165, 1.54) is 0 Å². The summed E-state index contributed by atoms with van der Waals surface area (Å²) in [6.07, 6.45) is 0. The zero-order valence-electron chi connectivity index (χ0n) is 6.37. The maximum absolute atomic E-state index is 9.64. The van der Waals surface area contributed by atoms with Crippen LogP contribution in [0.1, 0.15) is 2.85 Å². The first kappa shape index (κ1) is 16.6. The second-order valence-electron chi connectivity index (χ2n) is 0.600. The largest absolute Gasteiger partial charge is 2.00 e. The minimum absolute atomic E-state index is 0. The van der Waals surface area contributed by atoms with Crippen LogP contribution < -0.4 is 0 Å². The molecule has 0 aromatic rings. The topological polar surface area (TPSA) is 80.9 Å². The van der Waals surface area contributed by atoms with Crippen LogP contribution in [0, 0.1) is 0 Å². The molecule has 0 spiro atoms. The number of hydrogen-bond acceptors (Lipinski definition) is 4. The molecule has 0 saturated carbocycles. The maximum atomic E-state index is 9.64. The fraction of sp³-hybridized carbons (Fsp3) is 0. The minimum Gasteiger partial charge on any atom is -1.00 e. The normalized spacial score (nSPS) is 8.12. The van der Waals surface area contributed by atoms with E-state index in [0.29, 0.717) is 0 Å². The van der Waals surface area contributed by atoms with Gasteiger partial charge in [-0.15, -0.1) is 0 Å². The van der Waals surface area contributed by atoms with Crippen LogP contribution in [0.25, 0.3) is 0 Å². The van der Waals surface area contributed by atoms with Crippen molar-refractivity contribution in [3.8, 4) is 0 Å². The smallest absolute Gasteiger partial charge is 1.00 e. The summed E-state index contributed by atoms with van der Waals surface area (Å²) in [6, 6.07) is 0. The van der Waals surface area contributed by atoms with Crippen LogP contribution in [0.15, 0.2) is 0 Å². The van der Waals surface area contributed by atoms with Crippen molar-refractivity contribution >= 4 is 74.7 Å². The van der Waals surface area contributed by atoms with Gasteiger partial charge in [0.25, 0.3) is 0 Å². The van der Waals surface area contributed by atoms with E-state index < -0.39 is 9.05 Å². The van der Waals surface area contributed by atoms with E-state index in [4.69, 9.17) is 19.2 Å². The Bertz CT molecular complexity index is 38.7. The molecule has 4 N–H and O–H groups in total. The van der Waals surface area contributed by atoms with E-state index in [2.05, 4.69) is 0 Å². The summed E-state index contributed by atoms with van der Waals surface area (Å²) in [4.78, 5) is 29.3. The summed E-state index contributed by atoms with van der Waals surface area (Å²) >= 11 is -0.194. The van der Waals surface area contributed by atoms with Gasteiger partial charge in [-0.25, -0.2) is 0 Å². The zero-order valence-corrected chi connectivity index (χ0v) is 11.8. The van der Waals surface area contributed by atoms with Crippen molar-refractivity contribution in [3.05, 3.63) is 0 Å². The first-order valence-electron chi connectivity index (χ1n) is 1.27. The third-order valence-corrected chi connectivity index (χ3v) is 0. The van der Waals surface area contributed by atoms with Gasteiger partial charge < -0.3 is 25.6 Å². The van der Waals surface area contributed by atoms with Crippen molar-refractivity contribution in [3.63, 3.8) is 0 Å². The number of rotatable bonds is 0. The minimum atomic E-state index is -4.61. The Morgan fingerprint density at radius 1 is 1.12 bits per heavy atom. The fourth-order valence-corrected chi connectivity index (χ4v) is 0. The van der Waals surface area contributed by atoms with E-state index in [0.717, 1.165) is 0 Å². The fourth-order valence-electron chi connectivity index (χ4n) is 0. The average molecular weight is 283 g/mol. The van der Waals surface area contributed by atoms with Crippen LogP contribution in [0.2, 0.25) is 0 Å². The van der Waals surface area contributed by atoms with Crippen molar-refractivity contribution in [2.24, 2.45) is 0 Å². The quantitative estimate of drug-likeness (QED) is 0.352. The van der Waals surface area contributed by atoms with Crippen LogP contribution in [-0.4, -0.2) is 93.9 Å². The second-order valence-corrected chi connectivity index (χ2v) is 1.80. The molecule has 0 unspecified atom stereocenters. The summed E-state index contributed by atoms with van der Waals surface area (Å²) in [6.45, 7) is 0. The molecule has 0 rings (SSSR count). The molecule has 0 atom stereocenters. The molecule has 0 saturated heterocycles. The Morgan fingerprint density at radius 3 is 1.12 bits per heavy atom. The van der Waals surface area contributed by atoms with Gasteiger partial charge in [-0.3, -0.25) is 0 Å². The first-order valence-corrected chi connectivity index (χ1v) is 3.82.